The second-order valence-corrected chi connectivity index (χ2v) is 9.89. The van der Waals surface area contributed by atoms with Crippen LogP contribution in [0.5, 0.6) is 0 Å². The predicted octanol–water partition coefficient (Wildman–Crippen LogP) is 2.64. The second-order valence-electron chi connectivity index (χ2n) is 9.89. The molecule has 1 atom stereocenters. The Bertz CT molecular complexity index is 634. The zero-order valence-electron chi connectivity index (χ0n) is 18.0. The monoisotopic (exact) mass is 393 g/mol. The largest absolute Gasteiger partial charge is 0.444 e. The van der Waals surface area contributed by atoms with Gasteiger partial charge in [0, 0.05) is 38.1 Å². The van der Waals surface area contributed by atoms with Crippen LogP contribution in [-0.4, -0.2) is 76.5 Å². The standard InChI is InChI=1S/C21H35N3O4/c1-15(2)24-17(25)13-21(18(24)26)9-6-10-23(14-21)16-7-11-22(12-8-16)19(27)28-20(3,4)5/h15-16H,6-14H2,1-5H3. The summed E-state index contributed by atoms with van der Waals surface area (Å²) in [5.74, 6) is -0.00927. The van der Waals surface area contributed by atoms with E-state index in [0.29, 0.717) is 32.1 Å². The van der Waals surface area contributed by atoms with E-state index in [0.717, 1.165) is 32.2 Å². The number of carbonyl (C=O) groups is 3. The lowest BCUT2D eigenvalue weighted by atomic mass is 9.77. The van der Waals surface area contributed by atoms with Gasteiger partial charge >= 0.3 is 6.09 Å². The number of hydrogen-bond donors (Lipinski definition) is 0. The highest BCUT2D eigenvalue weighted by Gasteiger charge is 2.54. The molecule has 3 rings (SSSR count). The first-order chi connectivity index (χ1) is 13.0. The van der Waals surface area contributed by atoms with Gasteiger partial charge in [-0.2, -0.15) is 0 Å². The minimum atomic E-state index is -0.540. The summed E-state index contributed by atoms with van der Waals surface area (Å²) in [5, 5.41) is 0. The molecule has 7 heteroatoms. The molecule has 1 spiro atoms. The molecule has 0 saturated carbocycles. The van der Waals surface area contributed by atoms with Gasteiger partial charge in [0.15, 0.2) is 0 Å². The molecular weight excluding hydrogens is 358 g/mol. The molecule has 28 heavy (non-hydrogen) atoms. The summed E-state index contributed by atoms with van der Waals surface area (Å²) in [4.78, 5) is 43.4. The van der Waals surface area contributed by atoms with Crippen LogP contribution in [0.2, 0.25) is 0 Å². The number of amides is 3. The van der Waals surface area contributed by atoms with Crippen molar-refractivity contribution in [3.63, 3.8) is 0 Å². The van der Waals surface area contributed by atoms with Crippen molar-refractivity contribution >= 4 is 17.9 Å². The van der Waals surface area contributed by atoms with E-state index >= 15 is 0 Å². The normalized spacial score (nSPS) is 27.9. The van der Waals surface area contributed by atoms with Crippen LogP contribution in [0.25, 0.3) is 0 Å². The summed E-state index contributed by atoms with van der Waals surface area (Å²) in [7, 11) is 0. The Morgan fingerprint density at radius 1 is 1.14 bits per heavy atom. The SMILES string of the molecule is CC(C)N1C(=O)CC2(CCCN(C3CCN(C(=O)OC(C)(C)C)CC3)C2)C1=O. The van der Waals surface area contributed by atoms with Crippen LogP contribution in [0.15, 0.2) is 0 Å². The highest BCUT2D eigenvalue weighted by Crippen LogP contribution is 2.42. The predicted molar refractivity (Wildman–Crippen MR) is 106 cm³/mol. The van der Waals surface area contributed by atoms with Gasteiger partial charge in [0.2, 0.25) is 11.8 Å². The van der Waals surface area contributed by atoms with Crippen molar-refractivity contribution in [2.45, 2.75) is 84.4 Å². The first-order valence-electron chi connectivity index (χ1n) is 10.6. The molecule has 3 heterocycles. The molecular formula is C21H35N3O4. The Hall–Kier alpha value is -1.63. The molecule has 158 valence electrons. The molecule has 0 radical (unpaired) electrons. The van der Waals surface area contributed by atoms with Gasteiger partial charge in [0.25, 0.3) is 0 Å². The Balaban J connectivity index is 1.60. The summed E-state index contributed by atoms with van der Waals surface area (Å²) in [5.41, 5.74) is -1.02. The molecule has 1 unspecified atom stereocenters. The van der Waals surface area contributed by atoms with E-state index in [1.807, 2.05) is 34.6 Å². The molecule has 0 aromatic rings. The third-order valence-corrected chi connectivity index (χ3v) is 6.19. The number of carbonyl (C=O) groups excluding carboxylic acids is 3. The summed E-state index contributed by atoms with van der Waals surface area (Å²) in [6.45, 7) is 12.4. The maximum Gasteiger partial charge on any atom is 0.410 e. The van der Waals surface area contributed by atoms with Crippen molar-refractivity contribution in [2.75, 3.05) is 26.2 Å². The fourth-order valence-electron chi connectivity index (χ4n) is 4.88. The van der Waals surface area contributed by atoms with Crippen LogP contribution in [0.3, 0.4) is 0 Å². The molecule has 3 fully saturated rings. The number of hydrogen-bond acceptors (Lipinski definition) is 5. The molecule has 0 aliphatic carbocycles. The summed E-state index contributed by atoms with van der Waals surface area (Å²) in [6.07, 6.45) is 3.60. The number of likely N-dealkylation sites (tertiary alicyclic amines) is 3. The van der Waals surface area contributed by atoms with Crippen LogP contribution >= 0.6 is 0 Å². The lowest BCUT2D eigenvalue weighted by molar-refractivity contribution is -0.145. The van der Waals surface area contributed by atoms with Crippen molar-refractivity contribution in [1.82, 2.24) is 14.7 Å². The van der Waals surface area contributed by atoms with E-state index in [1.54, 1.807) is 4.90 Å². The fraction of sp³-hybridized carbons (Fsp3) is 0.857. The topological polar surface area (TPSA) is 70.2 Å². The average molecular weight is 394 g/mol. The lowest BCUT2D eigenvalue weighted by Gasteiger charge is -2.45. The van der Waals surface area contributed by atoms with E-state index in [1.165, 1.54) is 4.90 Å². The van der Waals surface area contributed by atoms with Crippen molar-refractivity contribution in [3.8, 4) is 0 Å². The highest BCUT2D eigenvalue weighted by molar-refractivity contribution is 6.06. The van der Waals surface area contributed by atoms with Crippen molar-refractivity contribution in [1.29, 1.82) is 0 Å². The molecule has 3 aliphatic rings. The van der Waals surface area contributed by atoms with Gasteiger partial charge < -0.3 is 9.64 Å². The van der Waals surface area contributed by atoms with Crippen LogP contribution in [0.4, 0.5) is 4.79 Å². The third kappa shape index (κ3) is 4.19. The van der Waals surface area contributed by atoms with Crippen LogP contribution < -0.4 is 0 Å². The maximum atomic E-state index is 13.0. The quantitative estimate of drug-likeness (QED) is 0.675. The molecule has 3 aliphatic heterocycles. The number of ether oxygens (including phenoxy) is 1. The van der Waals surface area contributed by atoms with Gasteiger partial charge in [-0.3, -0.25) is 19.4 Å². The van der Waals surface area contributed by atoms with Crippen LogP contribution in [0, 0.1) is 5.41 Å². The van der Waals surface area contributed by atoms with Crippen molar-refractivity contribution in [2.24, 2.45) is 5.41 Å². The van der Waals surface area contributed by atoms with Crippen molar-refractivity contribution < 1.29 is 19.1 Å². The minimum Gasteiger partial charge on any atom is -0.444 e. The number of piperidine rings is 2. The minimum absolute atomic E-state index is 0.0170. The molecule has 3 amide bonds. The van der Waals surface area contributed by atoms with Crippen LogP contribution in [-0.2, 0) is 14.3 Å². The smallest absolute Gasteiger partial charge is 0.410 e. The van der Waals surface area contributed by atoms with E-state index in [9.17, 15) is 14.4 Å². The number of nitrogens with zero attached hydrogens (tertiary/aromatic N) is 3. The Morgan fingerprint density at radius 3 is 2.32 bits per heavy atom. The highest BCUT2D eigenvalue weighted by atomic mass is 16.6. The third-order valence-electron chi connectivity index (χ3n) is 6.19. The van der Waals surface area contributed by atoms with E-state index < -0.39 is 11.0 Å². The van der Waals surface area contributed by atoms with Gasteiger partial charge in [-0.1, -0.05) is 0 Å². The molecule has 3 saturated heterocycles. The van der Waals surface area contributed by atoms with E-state index in [2.05, 4.69) is 4.90 Å². The van der Waals surface area contributed by atoms with Gasteiger partial charge in [-0.25, -0.2) is 4.79 Å². The zero-order chi connectivity index (χ0) is 20.7. The number of rotatable bonds is 2. The molecule has 7 nitrogen and oxygen atoms in total. The van der Waals surface area contributed by atoms with Gasteiger partial charge in [0.1, 0.15) is 5.60 Å². The molecule has 0 aromatic heterocycles. The number of imide groups is 1. The first-order valence-corrected chi connectivity index (χ1v) is 10.6. The Kier molecular flexibility index (Phi) is 5.76. The fourth-order valence-corrected chi connectivity index (χ4v) is 4.88. The molecule has 0 N–H and O–H groups in total. The summed E-state index contributed by atoms with van der Waals surface area (Å²) < 4.78 is 5.48. The van der Waals surface area contributed by atoms with E-state index in [-0.39, 0.29) is 23.9 Å². The van der Waals surface area contributed by atoms with Crippen molar-refractivity contribution in [3.05, 3.63) is 0 Å². The van der Waals surface area contributed by atoms with Gasteiger partial charge in [-0.15, -0.1) is 0 Å². The molecule has 0 aromatic carbocycles. The summed E-state index contributed by atoms with van der Waals surface area (Å²) in [6, 6.07) is 0.277. The Labute approximate surface area is 168 Å². The van der Waals surface area contributed by atoms with Gasteiger partial charge in [-0.05, 0) is 66.8 Å². The summed E-state index contributed by atoms with van der Waals surface area (Å²) >= 11 is 0. The van der Waals surface area contributed by atoms with Crippen LogP contribution in [0.1, 0.15) is 66.7 Å². The average Bonchev–Trinajstić information content (AvgIpc) is 2.83. The maximum absolute atomic E-state index is 13.0. The van der Waals surface area contributed by atoms with E-state index in [4.69, 9.17) is 4.74 Å². The zero-order valence-corrected chi connectivity index (χ0v) is 18.0. The Morgan fingerprint density at radius 2 is 1.79 bits per heavy atom. The lowest BCUT2D eigenvalue weighted by Crippen LogP contribution is -2.54. The van der Waals surface area contributed by atoms with Gasteiger partial charge in [0.05, 0.1) is 5.41 Å². The molecule has 0 bridgehead atoms. The second kappa shape index (κ2) is 7.65. The first kappa shape index (κ1) is 21.1.